The molecule has 146 valence electrons. The van der Waals surface area contributed by atoms with E-state index in [9.17, 15) is 14.4 Å². The van der Waals surface area contributed by atoms with Gasteiger partial charge < -0.3 is 4.74 Å². The molecule has 7 rings (SSSR count). The molecular weight excluding hydrogens is 368 g/mol. The number of aromatic nitrogens is 1. The van der Waals surface area contributed by atoms with Crippen LogP contribution in [0.2, 0.25) is 0 Å². The Balaban J connectivity index is 1.27. The first-order valence-corrected chi connectivity index (χ1v) is 10.2. The Morgan fingerprint density at radius 3 is 2.41 bits per heavy atom. The lowest BCUT2D eigenvalue weighted by molar-refractivity contribution is -0.152. The molecule has 2 aromatic rings. The summed E-state index contributed by atoms with van der Waals surface area (Å²) in [5.41, 5.74) is 0.575. The van der Waals surface area contributed by atoms with E-state index in [0.717, 1.165) is 16.7 Å². The number of allylic oxidation sites excluding steroid dienone is 2. The van der Waals surface area contributed by atoms with Crippen molar-refractivity contribution in [2.45, 2.75) is 19.4 Å². The average molecular weight is 388 g/mol. The zero-order valence-electron chi connectivity index (χ0n) is 15.9. The predicted octanol–water partition coefficient (Wildman–Crippen LogP) is 2.58. The molecule has 1 aromatic carbocycles. The van der Waals surface area contributed by atoms with Crippen LogP contribution in [0.4, 0.5) is 0 Å². The molecule has 2 saturated carbocycles. The maximum atomic E-state index is 13.2. The summed E-state index contributed by atoms with van der Waals surface area (Å²) in [7, 11) is 0. The van der Waals surface area contributed by atoms with Gasteiger partial charge in [0.25, 0.3) is 0 Å². The van der Waals surface area contributed by atoms with Crippen LogP contribution in [0, 0.1) is 35.5 Å². The van der Waals surface area contributed by atoms with Crippen LogP contribution in [0.5, 0.6) is 5.75 Å². The molecule has 6 nitrogen and oxygen atoms in total. The van der Waals surface area contributed by atoms with Gasteiger partial charge in [-0.3, -0.25) is 19.5 Å². The Morgan fingerprint density at radius 1 is 1.07 bits per heavy atom. The third-order valence-electron chi connectivity index (χ3n) is 7.23. The Morgan fingerprint density at radius 2 is 1.72 bits per heavy atom. The quantitative estimate of drug-likeness (QED) is 0.350. The number of hydrogen-bond donors (Lipinski definition) is 0. The van der Waals surface area contributed by atoms with Crippen molar-refractivity contribution >= 4 is 28.7 Å². The molecule has 2 amide bonds. The first kappa shape index (κ1) is 16.9. The van der Waals surface area contributed by atoms with E-state index in [1.807, 2.05) is 18.2 Å². The first-order chi connectivity index (χ1) is 14.1. The van der Waals surface area contributed by atoms with E-state index in [0.29, 0.717) is 23.1 Å². The average Bonchev–Trinajstić information content (AvgIpc) is 3.51. The van der Waals surface area contributed by atoms with Crippen LogP contribution in [-0.2, 0) is 14.4 Å². The molecule has 0 spiro atoms. The lowest BCUT2D eigenvalue weighted by Crippen LogP contribution is -2.45. The fourth-order valence-corrected chi connectivity index (χ4v) is 5.82. The van der Waals surface area contributed by atoms with Gasteiger partial charge in [-0.25, -0.2) is 4.79 Å². The highest BCUT2D eigenvalue weighted by Gasteiger charge is 2.67. The van der Waals surface area contributed by atoms with Gasteiger partial charge in [0.2, 0.25) is 11.8 Å². The van der Waals surface area contributed by atoms with Crippen molar-refractivity contribution in [2.24, 2.45) is 35.5 Å². The van der Waals surface area contributed by atoms with Crippen molar-refractivity contribution in [1.82, 2.24) is 9.88 Å². The number of amides is 2. The maximum absolute atomic E-state index is 13.2. The van der Waals surface area contributed by atoms with E-state index in [1.54, 1.807) is 25.3 Å². The molecule has 4 aliphatic carbocycles. The normalized spacial score (nSPS) is 34.9. The summed E-state index contributed by atoms with van der Waals surface area (Å²) in [6.45, 7) is 1.57. The second-order valence-corrected chi connectivity index (χ2v) is 8.63. The molecule has 3 fully saturated rings. The second-order valence-electron chi connectivity index (χ2n) is 8.63. The highest BCUT2D eigenvalue weighted by Crippen LogP contribution is 2.65. The number of likely N-dealkylation sites (tertiary alicyclic amines) is 1. The fourth-order valence-electron chi connectivity index (χ4n) is 5.82. The minimum atomic E-state index is -0.963. The molecule has 0 unspecified atom stereocenters. The van der Waals surface area contributed by atoms with Gasteiger partial charge in [-0.1, -0.05) is 30.4 Å². The lowest BCUT2D eigenvalue weighted by atomic mass is 9.63. The molecule has 1 aliphatic heterocycles. The zero-order valence-corrected chi connectivity index (χ0v) is 15.9. The molecule has 1 saturated heterocycles. The number of esters is 1. The number of rotatable bonds is 3. The van der Waals surface area contributed by atoms with Crippen molar-refractivity contribution in [3.8, 4) is 5.75 Å². The Hall–Kier alpha value is -3.02. The van der Waals surface area contributed by atoms with E-state index in [4.69, 9.17) is 4.74 Å². The molecule has 29 heavy (non-hydrogen) atoms. The van der Waals surface area contributed by atoms with Gasteiger partial charge in [-0.15, -0.1) is 0 Å². The smallest absolute Gasteiger partial charge is 0.334 e. The number of benzene rings is 1. The molecule has 1 aromatic heterocycles. The molecular formula is C23H20N2O4. The molecule has 6 heteroatoms. The number of nitrogens with zero attached hydrogens (tertiary/aromatic N) is 2. The number of hydrogen-bond acceptors (Lipinski definition) is 5. The van der Waals surface area contributed by atoms with E-state index in [1.165, 1.54) is 0 Å². The van der Waals surface area contributed by atoms with Crippen molar-refractivity contribution in [1.29, 1.82) is 0 Å². The van der Waals surface area contributed by atoms with E-state index >= 15 is 0 Å². The summed E-state index contributed by atoms with van der Waals surface area (Å²) in [6, 6.07) is 8.08. The molecule has 0 N–H and O–H groups in total. The van der Waals surface area contributed by atoms with Crippen LogP contribution in [-0.4, -0.2) is 33.7 Å². The van der Waals surface area contributed by atoms with Crippen LogP contribution in [0.25, 0.3) is 10.9 Å². The topological polar surface area (TPSA) is 76.6 Å². The van der Waals surface area contributed by atoms with Gasteiger partial charge in [-0.05, 0) is 49.1 Å². The Kier molecular flexibility index (Phi) is 3.35. The van der Waals surface area contributed by atoms with Gasteiger partial charge >= 0.3 is 5.97 Å². The maximum Gasteiger partial charge on any atom is 0.334 e. The monoisotopic (exact) mass is 388 g/mol. The van der Waals surface area contributed by atoms with Crippen molar-refractivity contribution in [2.75, 3.05) is 0 Å². The highest BCUT2D eigenvalue weighted by atomic mass is 16.5. The molecule has 7 atom stereocenters. The van der Waals surface area contributed by atoms with Crippen LogP contribution >= 0.6 is 0 Å². The summed E-state index contributed by atoms with van der Waals surface area (Å²) in [4.78, 5) is 44.7. The number of para-hydroxylation sites is 1. The highest BCUT2D eigenvalue weighted by molar-refractivity contribution is 6.09. The Bertz CT molecular complexity index is 1070. The third kappa shape index (κ3) is 2.23. The zero-order chi connectivity index (χ0) is 19.9. The molecule has 0 radical (unpaired) electrons. The van der Waals surface area contributed by atoms with Gasteiger partial charge in [-0.2, -0.15) is 0 Å². The summed E-state index contributed by atoms with van der Waals surface area (Å²) >= 11 is 0. The Labute approximate surface area is 167 Å². The molecule has 5 aliphatic rings. The largest absolute Gasteiger partial charge is 0.423 e. The predicted molar refractivity (Wildman–Crippen MR) is 103 cm³/mol. The summed E-state index contributed by atoms with van der Waals surface area (Å²) in [6.07, 6.45) is 7.00. The van der Waals surface area contributed by atoms with Crippen molar-refractivity contribution < 1.29 is 19.1 Å². The second kappa shape index (κ2) is 5.75. The van der Waals surface area contributed by atoms with Crippen molar-refractivity contribution in [3.05, 3.63) is 48.7 Å². The van der Waals surface area contributed by atoms with Crippen molar-refractivity contribution in [3.63, 3.8) is 0 Å². The van der Waals surface area contributed by atoms with E-state index in [2.05, 4.69) is 17.1 Å². The number of carbonyl (C=O) groups is 3. The number of imide groups is 1. The van der Waals surface area contributed by atoms with Gasteiger partial charge in [0.15, 0.2) is 5.75 Å². The molecule has 2 bridgehead atoms. The number of pyridine rings is 1. The van der Waals surface area contributed by atoms with E-state index < -0.39 is 12.0 Å². The SMILES string of the molecule is C[C@@H](C(=O)Oc1cccc2cccnc12)N1C(=O)[C@H]2[C@@H]3C=C[C@H]([C@H]4C[C@H]34)[C@@H]2C1=O. The van der Waals surface area contributed by atoms with Gasteiger partial charge in [0, 0.05) is 11.6 Å². The van der Waals surface area contributed by atoms with Crippen LogP contribution in [0.1, 0.15) is 13.3 Å². The van der Waals surface area contributed by atoms with Crippen LogP contribution < -0.4 is 4.74 Å². The molecule has 2 heterocycles. The number of ether oxygens (including phenoxy) is 1. The van der Waals surface area contributed by atoms with Gasteiger partial charge in [0.1, 0.15) is 11.6 Å². The fraction of sp³-hybridized carbons (Fsp3) is 0.391. The third-order valence-corrected chi connectivity index (χ3v) is 7.23. The standard InChI is InChI=1S/C23H20N2O4/c1-11(23(28)29-17-6-2-4-12-5-3-9-24-20(12)17)25-21(26)18-13-7-8-14(16-10-15(13)16)19(18)22(25)27/h2-9,11,13-16,18-19H,10H2,1H3/t11-,13+,14+,15+,16+,18-,19-/m0/s1. The van der Waals surface area contributed by atoms with Gasteiger partial charge in [0.05, 0.1) is 11.8 Å². The minimum absolute atomic E-state index is 0.141. The summed E-state index contributed by atoms with van der Waals surface area (Å²) in [5, 5.41) is 0.853. The first-order valence-electron chi connectivity index (χ1n) is 10.2. The van der Waals surface area contributed by atoms with Crippen LogP contribution in [0.3, 0.4) is 0 Å². The number of fused-ring (bicyclic) bond motifs is 1. The lowest BCUT2D eigenvalue weighted by Gasteiger charge is -2.37. The summed E-state index contributed by atoms with van der Waals surface area (Å²) < 4.78 is 5.59. The minimum Gasteiger partial charge on any atom is -0.423 e. The number of carbonyl (C=O) groups excluding carboxylic acids is 3. The van der Waals surface area contributed by atoms with Crippen LogP contribution in [0.15, 0.2) is 48.7 Å². The van der Waals surface area contributed by atoms with E-state index in [-0.39, 0.29) is 35.5 Å². The summed E-state index contributed by atoms with van der Waals surface area (Å²) in [5.74, 6) is 0.0121.